The lowest BCUT2D eigenvalue weighted by Crippen LogP contribution is -2.20. The molecule has 0 heterocycles. The van der Waals surface area contributed by atoms with Crippen LogP contribution in [0.5, 0.6) is 0 Å². The molecule has 1 nitrogen and oxygen atoms in total. The van der Waals surface area contributed by atoms with Crippen LogP contribution in [0.4, 0.5) is 8.78 Å². The molecule has 1 unspecified atom stereocenters. The van der Waals surface area contributed by atoms with Gasteiger partial charge in [0.05, 0.1) is 11.1 Å². The number of rotatable bonds is 3. The quantitative estimate of drug-likeness (QED) is 0.812. The molecule has 0 radical (unpaired) electrons. The molecule has 0 aromatic heterocycles. The first-order valence-corrected chi connectivity index (χ1v) is 7.19. The minimum atomic E-state index is -0.594. The standard InChI is InChI=1S/C15H13BrClF2N/c1-8-6-10(13(19)7-12(8)18)15(20-2)9-4-3-5-11(16)14(9)17/h3-7,15,20H,1-2H3. The molecule has 1 atom stereocenters. The molecule has 0 spiro atoms. The molecule has 0 aliphatic heterocycles. The van der Waals surface area contributed by atoms with Gasteiger partial charge in [-0.05, 0) is 53.2 Å². The highest BCUT2D eigenvalue weighted by atomic mass is 79.9. The Kier molecular flexibility index (Phi) is 4.78. The van der Waals surface area contributed by atoms with Gasteiger partial charge in [-0.1, -0.05) is 23.7 Å². The van der Waals surface area contributed by atoms with Crippen molar-refractivity contribution < 1.29 is 8.78 Å². The van der Waals surface area contributed by atoms with Gasteiger partial charge in [0.1, 0.15) is 11.6 Å². The second kappa shape index (κ2) is 6.20. The van der Waals surface area contributed by atoms with Crippen LogP contribution in [0.2, 0.25) is 5.02 Å². The Labute approximate surface area is 130 Å². The number of nitrogens with one attached hydrogen (secondary N) is 1. The van der Waals surface area contributed by atoms with E-state index < -0.39 is 17.7 Å². The van der Waals surface area contributed by atoms with Crippen LogP contribution >= 0.6 is 27.5 Å². The van der Waals surface area contributed by atoms with Crippen LogP contribution in [0.25, 0.3) is 0 Å². The summed E-state index contributed by atoms with van der Waals surface area (Å²) in [5.74, 6) is -1.15. The maximum Gasteiger partial charge on any atom is 0.131 e. The number of hydrogen-bond acceptors (Lipinski definition) is 1. The Hall–Kier alpha value is -0.970. The minimum Gasteiger partial charge on any atom is -0.309 e. The van der Waals surface area contributed by atoms with Gasteiger partial charge in [-0.15, -0.1) is 0 Å². The van der Waals surface area contributed by atoms with E-state index in [2.05, 4.69) is 21.2 Å². The average Bonchev–Trinajstić information content (AvgIpc) is 2.41. The zero-order valence-electron chi connectivity index (χ0n) is 11.0. The predicted octanol–water partition coefficient (Wildman–Crippen LogP) is 5.00. The lowest BCUT2D eigenvalue weighted by Gasteiger charge is -2.20. The van der Waals surface area contributed by atoms with Crippen LogP contribution in [-0.4, -0.2) is 7.05 Å². The lowest BCUT2D eigenvalue weighted by molar-refractivity contribution is 0.547. The van der Waals surface area contributed by atoms with Gasteiger partial charge < -0.3 is 5.32 Å². The number of hydrogen-bond donors (Lipinski definition) is 1. The first-order chi connectivity index (χ1) is 9.45. The van der Waals surface area contributed by atoms with Gasteiger partial charge >= 0.3 is 0 Å². The molecule has 2 aromatic rings. The summed E-state index contributed by atoms with van der Waals surface area (Å²) in [6.07, 6.45) is 0. The number of halogens is 4. The van der Waals surface area contributed by atoms with Crippen molar-refractivity contribution in [1.82, 2.24) is 5.32 Å². The summed E-state index contributed by atoms with van der Waals surface area (Å²) in [6.45, 7) is 1.60. The fraction of sp³-hybridized carbons (Fsp3) is 0.200. The maximum absolute atomic E-state index is 14.1. The molecule has 0 fully saturated rings. The highest BCUT2D eigenvalue weighted by molar-refractivity contribution is 9.10. The fourth-order valence-corrected chi connectivity index (χ4v) is 2.74. The highest BCUT2D eigenvalue weighted by Crippen LogP contribution is 2.34. The van der Waals surface area contributed by atoms with Gasteiger partial charge in [0.15, 0.2) is 0 Å². The van der Waals surface area contributed by atoms with E-state index in [1.807, 2.05) is 18.2 Å². The smallest absolute Gasteiger partial charge is 0.131 e. The van der Waals surface area contributed by atoms with Gasteiger partial charge in [0.25, 0.3) is 0 Å². The van der Waals surface area contributed by atoms with Crippen LogP contribution in [0.15, 0.2) is 34.8 Å². The zero-order chi connectivity index (χ0) is 14.9. The van der Waals surface area contributed by atoms with E-state index in [0.717, 1.165) is 16.1 Å². The lowest BCUT2D eigenvalue weighted by atomic mass is 9.96. The van der Waals surface area contributed by atoms with Crippen molar-refractivity contribution in [3.8, 4) is 0 Å². The normalized spacial score (nSPS) is 12.5. The first-order valence-electron chi connectivity index (χ1n) is 6.02. The molecule has 0 bridgehead atoms. The van der Waals surface area contributed by atoms with E-state index in [4.69, 9.17) is 11.6 Å². The van der Waals surface area contributed by atoms with Gasteiger partial charge in [0.2, 0.25) is 0 Å². The summed E-state index contributed by atoms with van der Waals surface area (Å²) in [5.41, 5.74) is 1.49. The van der Waals surface area contributed by atoms with Gasteiger partial charge in [-0.3, -0.25) is 0 Å². The van der Waals surface area contributed by atoms with Crippen molar-refractivity contribution >= 4 is 27.5 Å². The number of benzene rings is 2. The fourth-order valence-electron chi connectivity index (χ4n) is 2.12. The van der Waals surface area contributed by atoms with E-state index in [9.17, 15) is 8.78 Å². The maximum atomic E-state index is 14.1. The largest absolute Gasteiger partial charge is 0.309 e. The summed E-state index contributed by atoms with van der Waals surface area (Å²) < 4.78 is 28.2. The molecule has 0 amide bonds. The zero-order valence-corrected chi connectivity index (χ0v) is 13.3. The molecule has 2 rings (SSSR count). The third kappa shape index (κ3) is 2.87. The summed E-state index contributed by atoms with van der Waals surface area (Å²) in [7, 11) is 1.71. The van der Waals surface area contributed by atoms with Crippen LogP contribution in [0.3, 0.4) is 0 Å². The van der Waals surface area contributed by atoms with Crippen molar-refractivity contribution in [3.63, 3.8) is 0 Å². The third-order valence-corrected chi connectivity index (χ3v) is 4.48. The summed E-state index contributed by atoms with van der Waals surface area (Å²) >= 11 is 9.60. The molecular weight excluding hydrogens is 348 g/mol. The van der Waals surface area contributed by atoms with E-state index in [-0.39, 0.29) is 0 Å². The molecule has 5 heteroatoms. The second-order valence-corrected chi connectivity index (χ2v) is 5.72. The van der Waals surface area contributed by atoms with Crippen LogP contribution in [-0.2, 0) is 0 Å². The molecular formula is C15H13BrClF2N. The van der Waals surface area contributed by atoms with Crippen LogP contribution in [0.1, 0.15) is 22.7 Å². The van der Waals surface area contributed by atoms with Crippen LogP contribution in [0, 0.1) is 18.6 Å². The molecule has 0 aliphatic rings. The molecule has 20 heavy (non-hydrogen) atoms. The van der Waals surface area contributed by atoms with Crippen molar-refractivity contribution in [2.75, 3.05) is 7.05 Å². The van der Waals surface area contributed by atoms with Crippen molar-refractivity contribution in [3.05, 3.63) is 68.2 Å². The Morgan fingerprint density at radius 3 is 2.50 bits per heavy atom. The molecule has 2 aromatic carbocycles. The monoisotopic (exact) mass is 359 g/mol. The third-order valence-electron chi connectivity index (χ3n) is 3.17. The van der Waals surface area contributed by atoms with Gasteiger partial charge in [-0.2, -0.15) is 0 Å². The molecule has 1 N–H and O–H groups in total. The summed E-state index contributed by atoms with van der Waals surface area (Å²) in [6, 6.07) is 7.41. The van der Waals surface area contributed by atoms with Crippen molar-refractivity contribution in [1.29, 1.82) is 0 Å². The van der Waals surface area contributed by atoms with Crippen LogP contribution < -0.4 is 5.32 Å². The molecule has 106 valence electrons. The Balaban J connectivity index is 2.58. The summed E-state index contributed by atoms with van der Waals surface area (Å²) in [4.78, 5) is 0. The Morgan fingerprint density at radius 2 is 1.85 bits per heavy atom. The van der Waals surface area contributed by atoms with Crippen molar-refractivity contribution in [2.24, 2.45) is 0 Å². The second-order valence-electron chi connectivity index (χ2n) is 4.49. The highest BCUT2D eigenvalue weighted by Gasteiger charge is 2.21. The predicted molar refractivity (Wildman–Crippen MR) is 81.1 cm³/mol. The van der Waals surface area contributed by atoms with E-state index in [1.165, 1.54) is 6.07 Å². The Morgan fingerprint density at radius 1 is 1.15 bits per heavy atom. The average molecular weight is 361 g/mol. The SMILES string of the molecule is CNC(c1cc(C)c(F)cc1F)c1cccc(Br)c1Cl. The first kappa shape index (κ1) is 15.4. The summed E-state index contributed by atoms with van der Waals surface area (Å²) in [5, 5.41) is 3.53. The number of aryl methyl sites for hydroxylation is 1. The van der Waals surface area contributed by atoms with Gasteiger partial charge in [-0.25, -0.2) is 8.78 Å². The Bertz CT molecular complexity index is 646. The molecule has 0 saturated heterocycles. The van der Waals surface area contributed by atoms with E-state index in [0.29, 0.717) is 16.1 Å². The topological polar surface area (TPSA) is 12.0 Å². The molecule has 0 saturated carbocycles. The van der Waals surface area contributed by atoms with Crippen molar-refractivity contribution in [2.45, 2.75) is 13.0 Å². The molecule has 0 aliphatic carbocycles. The van der Waals surface area contributed by atoms with E-state index in [1.54, 1.807) is 14.0 Å². The minimum absolute atomic E-state index is 0.367. The van der Waals surface area contributed by atoms with Gasteiger partial charge in [0, 0.05) is 16.1 Å². The van der Waals surface area contributed by atoms with E-state index >= 15 is 0 Å².